The van der Waals surface area contributed by atoms with Crippen LogP contribution in [-0.4, -0.2) is 47.5 Å². The fourth-order valence-corrected chi connectivity index (χ4v) is 14.4. The maximum atomic E-state index is 2.29. The summed E-state index contributed by atoms with van der Waals surface area (Å²) in [5.41, 5.74) is 0. The van der Waals surface area contributed by atoms with Crippen LogP contribution in [0.2, 0.25) is 0 Å². The van der Waals surface area contributed by atoms with Gasteiger partial charge < -0.3 is 0 Å². The first-order chi connectivity index (χ1) is 10.9. The van der Waals surface area contributed by atoms with Crippen LogP contribution in [0.15, 0.2) is 91.0 Å². The number of benzene rings is 3. The van der Waals surface area contributed by atoms with Crippen LogP contribution in [0.4, 0.5) is 0 Å². The Labute approximate surface area is 151 Å². The van der Waals surface area contributed by atoms with Gasteiger partial charge in [0.15, 0.2) is 0 Å². The van der Waals surface area contributed by atoms with Crippen molar-refractivity contribution in [2.75, 3.05) is 0 Å². The second-order valence-corrected chi connectivity index (χ2v) is 16.5. The van der Waals surface area contributed by atoms with Crippen molar-refractivity contribution in [1.29, 1.82) is 0 Å². The zero-order valence-corrected chi connectivity index (χ0v) is 17.1. The van der Waals surface area contributed by atoms with Gasteiger partial charge in [0, 0.05) is 0 Å². The summed E-state index contributed by atoms with van der Waals surface area (Å²) < 4.78 is 5.39. The average molecular weight is 479 g/mol. The molecule has 22 heavy (non-hydrogen) atoms. The third-order valence-corrected chi connectivity index (χ3v) is 13.9. The van der Waals surface area contributed by atoms with Crippen LogP contribution in [0.1, 0.15) is 0 Å². The van der Waals surface area contributed by atoms with Crippen LogP contribution < -0.4 is 13.4 Å². The molecule has 0 aromatic heterocycles. The zero-order chi connectivity index (χ0) is 15.0. The Balaban J connectivity index is 1.75. The Morgan fingerprint density at radius 2 is 0.682 bits per heavy atom. The van der Waals surface area contributed by atoms with E-state index in [0.717, 1.165) is 3.15 Å². The Kier molecular flexibility index (Phi) is 6.46. The van der Waals surface area contributed by atoms with Gasteiger partial charge in [0.25, 0.3) is 0 Å². The molecule has 3 rings (SSSR count). The molecule has 0 saturated heterocycles. The standard InChI is InChI=1S/C18H15BSe3/c1-4-10-16(11-5-1)20-19(21-17-12-6-2-7-13-17)22-18-14-8-3-9-15-18/h1-15H. The van der Waals surface area contributed by atoms with Gasteiger partial charge in [0.1, 0.15) is 0 Å². The fourth-order valence-electron chi connectivity index (χ4n) is 1.90. The first-order valence-electron chi connectivity index (χ1n) is 7.05. The predicted octanol–water partition coefficient (Wildman–Crippen LogP) is 1.06. The molecule has 0 aliphatic rings. The van der Waals surface area contributed by atoms with Crippen molar-refractivity contribution < 1.29 is 0 Å². The molecule has 0 spiro atoms. The van der Waals surface area contributed by atoms with E-state index in [-0.39, 0.29) is 0 Å². The number of hydrogen-bond donors (Lipinski definition) is 0. The minimum absolute atomic E-state index is 0.549. The molecule has 0 unspecified atom stereocenters. The summed E-state index contributed by atoms with van der Waals surface area (Å²) in [6.07, 6.45) is 0. The van der Waals surface area contributed by atoms with E-state index in [9.17, 15) is 0 Å². The van der Waals surface area contributed by atoms with Gasteiger partial charge in [0.2, 0.25) is 0 Å². The summed E-state index contributed by atoms with van der Waals surface area (Å²) in [5.74, 6) is 0. The first kappa shape index (κ1) is 16.2. The molecule has 0 atom stereocenters. The summed E-state index contributed by atoms with van der Waals surface area (Å²) in [6, 6.07) is 33.0. The van der Waals surface area contributed by atoms with Crippen molar-refractivity contribution in [3.63, 3.8) is 0 Å². The van der Waals surface area contributed by atoms with Crippen molar-refractivity contribution in [3.8, 4) is 0 Å². The molecule has 0 heterocycles. The molecule has 3 aromatic rings. The maximum absolute atomic E-state index is 2.29. The van der Waals surface area contributed by atoms with E-state index >= 15 is 0 Å². The molecule has 0 aliphatic heterocycles. The van der Waals surface area contributed by atoms with E-state index in [0.29, 0.717) is 44.3 Å². The molecule has 0 fully saturated rings. The van der Waals surface area contributed by atoms with Crippen LogP contribution in [0, 0.1) is 0 Å². The summed E-state index contributed by atoms with van der Waals surface area (Å²) in [5, 5.41) is 0. The zero-order valence-electron chi connectivity index (χ0n) is 12.0. The molecular formula is C18H15BSe3. The van der Waals surface area contributed by atoms with Crippen molar-refractivity contribution >= 4 is 60.9 Å². The molecule has 108 valence electrons. The van der Waals surface area contributed by atoms with Gasteiger partial charge in [-0.3, -0.25) is 0 Å². The number of hydrogen-bond acceptors (Lipinski definition) is 0. The monoisotopic (exact) mass is 482 g/mol. The second-order valence-electron chi connectivity index (χ2n) is 4.58. The van der Waals surface area contributed by atoms with Crippen molar-refractivity contribution in [3.05, 3.63) is 91.0 Å². The van der Waals surface area contributed by atoms with E-state index < -0.39 is 0 Å². The Hall–Kier alpha value is -0.717. The van der Waals surface area contributed by atoms with Crippen molar-refractivity contribution in [2.24, 2.45) is 0 Å². The van der Waals surface area contributed by atoms with Gasteiger partial charge in [0.05, 0.1) is 0 Å². The number of rotatable bonds is 6. The summed E-state index contributed by atoms with van der Waals surface area (Å²) in [7, 11) is 0. The van der Waals surface area contributed by atoms with Crippen LogP contribution >= 0.6 is 0 Å². The summed E-state index contributed by atoms with van der Waals surface area (Å²) in [4.78, 5) is 0. The minimum atomic E-state index is 0.549. The average Bonchev–Trinajstić information content (AvgIpc) is 2.57. The fraction of sp³-hybridized carbons (Fsp3) is 0. The molecule has 0 aliphatic carbocycles. The van der Waals surface area contributed by atoms with Gasteiger partial charge in [-0.15, -0.1) is 0 Å². The third kappa shape index (κ3) is 5.18. The Bertz CT molecular complexity index is 576. The van der Waals surface area contributed by atoms with Gasteiger partial charge in [-0.2, -0.15) is 0 Å². The Morgan fingerprint density at radius 1 is 0.409 bits per heavy atom. The predicted molar refractivity (Wildman–Crippen MR) is 101 cm³/mol. The topological polar surface area (TPSA) is 0 Å². The van der Waals surface area contributed by atoms with E-state index in [1.807, 2.05) is 0 Å². The molecule has 0 saturated carbocycles. The third-order valence-electron chi connectivity index (χ3n) is 2.93. The van der Waals surface area contributed by atoms with E-state index in [4.69, 9.17) is 0 Å². The van der Waals surface area contributed by atoms with Gasteiger partial charge in [-0.1, -0.05) is 0 Å². The van der Waals surface area contributed by atoms with E-state index in [1.165, 1.54) is 13.4 Å². The molecular weight excluding hydrogens is 464 g/mol. The first-order valence-corrected chi connectivity index (χ1v) is 12.6. The molecule has 0 radical (unpaired) electrons. The van der Waals surface area contributed by atoms with Crippen LogP contribution in [0.25, 0.3) is 0 Å². The molecule has 0 N–H and O–H groups in total. The molecule has 0 nitrogen and oxygen atoms in total. The van der Waals surface area contributed by atoms with Gasteiger partial charge >= 0.3 is 152 Å². The molecule has 0 amide bonds. The Morgan fingerprint density at radius 3 is 0.955 bits per heavy atom. The van der Waals surface area contributed by atoms with Crippen LogP contribution in [0.3, 0.4) is 0 Å². The quantitative estimate of drug-likeness (QED) is 0.465. The normalized spacial score (nSPS) is 10.4. The van der Waals surface area contributed by atoms with Crippen molar-refractivity contribution in [1.82, 2.24) is 0 Å². The van der Waals surface area contributed by atoms with Crippen LogP contribution in [-0.2, 0) is 0 Å². The summed E-state index contributed by atoms with van der Waals surface area (Å²) in [6.45, 7) is 0. The van der Waals surface area contributed by atoms with Crippen molar-refractivity contribution in [2.45, 2.75) is 0 Å². The van der Waals surface area contributed by atoms with E-state index in [1.54, 1.807) is 0 Å². The molecule has 4 heteroatoms. The van der Waals surface area contributed by atoms with Gasteiger partial charge in [-0.25, -0.2) is 0 Å². The summed E-state index contributed by atoms with van der Waals surface area (Å²) >= 11 is 1.65. The molecule has 0 bridgehead atoms. The SMILES string of the molecule is c1ccc([Se]B([Se]c2ccccc2)[Se]c2ccccc2)cc1. The van der Waals surface area contributed by atoms with Gasteiger partial charge in [-0.05, 0) is 0 Å². The molecule has 3 aromatic carbocycles. The van der Waals surface area contributed by atoms with Crippen LogP contribution in [0.5, 0.6) is 0 Å². The van der Waals surface area contributed by atoms with E-state index in [2.05, 4.69) is 91.0 Å². The second kappa shape index (κ2) is 8.80.